The molecule has 0 saturated carbocycles. The average Bonchev–Trinajstić information content (AvgIpc) is 2.31. The molecule has 2 radical (unpaired) electrons. The molecule has 0 heterocycles. The van der Waals surface area contributed by atoms with E-state index in [1.807, 2.05) is 0 Å². The number of sulfone groups is 1. The predicted molar refractivity (Wildman–Crippen MR) is 57.3 cm³/mol. The zero-order valence-electron chi connectivity index (χ0n) is 8.25. The molecule has 0 aliphatic heterocycles. The van der Waals surface area contributed by atoms with Gasteiger partial charge in [0, 0.05) is 0 Å². The third-order valence-corrected chi connectivity index (χ3v) is 3.92. The second-order valence-electron chi connectivity index (χ2n) is 3.21. The molecule has 0 bridgehead atoms. The molecule has 16 heavy (non-hydrogen) atoms. The van der Waals surface area contributed by atoms with Gasteiger partial charge in [-0.25, -0.2) is 8.42 Å². The van der Waals surface area contributed by atoms with Crippen molar-refractivity contribution in [3.05, 3.63) is 54.6 Å². The Morgan fingerprint density at radius 2 is 1.31 bits per heavy atom. The summed E-state index contributed by atoms with van der Waals surface area (Å²) in [5.74, 6) is -0.208. The molecule has 2 rings (SSSR count). The zero-order chi connectivity index (χ0) is 11.6. The fraction of sp³-hybridized carbons (Fsp3) is 0. The van der Waals surface area contributed by atoms with Crippen LogP contribution in [0, 0.1) is 6.07 Å². The third kappa shape index (κ3) is 1.92. The molecule has 0 fully saturated rings. The highest BCUT2D eigenvalue weighted by atomic mass is 32.2. The largest absolute Gasteiger partial charge is 0.290 e. The second-order valence-corrected chi connectivity index (χ2v) is 5.16. The molecule has 2 aromatic carbocycles. The Kier molecular flexibility index (Phi) is 2.66. The van der Waals surface area contributed by atoms with Gasteiger partial charge in [-0.15, -0.1) is 0 Å². The van der Waals surface area contributed by atoms with Crippen LogP contribution in [0.5, 0.6) is 5.75 Å². The molecular weight excluding hydrogens is 224 g/mol. The molecule has 0 saturated heterocycles. The van der Waals surface area contributed by atoms with E-state index in [9.17, 15) is 13.5 Å². The summed E-state index contributed by atoms with van der Waals surface area (Å²) >= 11 is 0. The standard InChI is InChI=1S/C12H8O3S/c13-10-6-8-12(9-7-10)16(14,15)11-4-2-1-3-5-11/h2-9H. The Labute approximate surface area is 93.9 Å². The molecule has 0 aliphatic rings. The number of benzene rings is 2. The average molecular weight is 232 g/mol. The molecule has 0 unspecified atom stereocenters. The van der Waals surface area contributed by atoms with Gasteiger partial charge in [0.05, 0.1) is 9.79 Å². The minimum Gasteiger partial charge on any atom is -0.290 e. The highest BCUT2D eigenvalue weighted by molar-refractivity contribution is 7.91. The molecular formula is C12H8O3S. The van der Waals surface area contributed by atoms with E-state index in [4.69, 9.17) is 0 Å². The highest BCUT2D eigenvalue weighted by Crippen LogP contribution is 2.22. The van der Waals surface area contributed by atoms with Crippen LogP contribution in [0.4, 0.5) is 0 Å². The Hall–Kier alpha value is -1.81. The molecule has 0 N–H and O–H groups in total. The van der Waals surface area contributed by atoms with Crippen LogP contribution in [0.1, 0.15) is 0 Å². The van der Waals surface area contributed by atoms with Crippen LogP contribution in [-0.2, 0) is 14.9 Å². The topological polar surface area (TPSA) is 54.0 Å². The van der Waals surface area contributed by atoms with Crippen molar-refractivity contribution < 1.29 is 13.5 Å². The van der Waals surface area contributed by atoms with Gasteiger partial charge < -0.3 is 0 Å². The van der Waals surface area contributed by atoms with E-state index in [1.54, 1.807) is 0 Å². The summed E-state index contributed by atoms with van der Waals surface area (Å²) < 4.78 is 24.1. The smallest absolute Gasteiger partial charge is 0.206 e. The summed E-state index contributed by atoms with van der Waals surface area (Å²) in [5.41, 5.74) is 0. The van der Waals surface area contributed by atoms with E-state index in [2.05, 4.69) is 6.07 Å². The van der Waals surface area contributed by atoms with Gasteiger partial charge in [0.25, 0.3) is 0 Å². The first-order valence-corrected chi connectivity index (χ1v) is 6.07. The van der Waals surface area contributed by atoms with Crippen molar-refractivity contribution in [2.75, 3.05) is 0 Å². The third-order valence-electron chi connectivity index (χ3n) is 2.13. The van der Waals surface area contributed by atoms with Gasteiger partial charge in [-0.2, -0.15) is 0 Å². The second kappa shape index (κ2) is 3.98. The lowest BCUT2D eigenvalue weighted by Gasteiger charge is -2.03. The van der Waals surface area contributed by atoms with Gasteiger partial charge in [0.15, 0.2) is 5.75 Å². The summed E-state index contributed by atoms with van der Waals surface area (Å²) in [4.78, 5) is 0.322. The van der Waals surface area contributed by atoms with Gasteiger partial charge in [-0.1, -0.05) is 12.1 Å². The Bertz CT molecular complexity index is 571. The van der Waals surface area contributed by atoms with Gasteiger partial charge in [0.2, 0.25) is 9.84 Å². The molecule has 2 aromatic rings. The first-order valence-electron chi connectivity index (χ1n) is 4.59. The van der Waals surface area contributed by atoms with Crippen LogP contribution in [-0.4, -0.2) is 8.42 Å². The quantitative estimate of drug-likeness (QED) is 0.798. The van der Waals surface area contributed by atoms with Crippen LogP contribution in [0.25, 0.3) is 0 Å². The lowest BCUT2D eigenvalue weighted by molar-refractivity contribution is 0.354. The summed E-state index contributed by atoms with van der Waals surface area (Å²) in [6.45, 7) is 0. The lowest BCUT2D eigenvalue weighted by Crippen LogP contribution is -2.00. The molecule has 3 nitrogen and oxygen atoms in total. The first-order chi connectivity index (χ1) is 7.60. The molecule has 80 valence electrons. The summed E-state index contributed by atoms with van der Waals surface area (Å²) in [6, 6.07) is 13.9. The van der Waals surface area contributed by atoms with Crippen LogP contribution in [0.15, 0.2) is 58.3 Å². The highest BCUT2D eigenvalue weighted by Gasteiger charge is 2.16. The molecule has 0 atom stereocenters. The normalized spacial score (nSPS) is 11.2. The maximum absolute atomic E-state index is 12.0. The maximum Gasteiger partial charge on any atom is 0.206 e. The number of hydrogen-bond donors (Lipinski definition) is 0. The summed E-state index contributed by atoms with van der Waals surface area (Å²) in [5, 5.41) is 10.9. The van der Waals surface area contributed by atoms with E-state index in [1.165, 1.54) is 48.5 Å². The Morgan fingerprint density at radius 3 is 1.88 bits per heavy atom. The van der Waals surface area contributed by atoms with Gasteiger partial charge in [0.1, 0.15) is 0 Å². The fourth-order valence-corrected chi connectivity index (χ4v) is 2.57. The Morgan fingerprint density at radius 1 is 0.812 bits per heavy atom. The van der Waals surface area contributed by atoms with E-state index in [0.29, 0.717) is 0 Å². The zero-order valence-corrected chi connectivity index (χ0v) is 9.07. The molecule has 4 heteroatoms. The monoisotopic (exact) mass is 232 g/mol. The van der Waals surface area contributed by atoms with E-state index in [0.717, 1.165) is 0 Å². The maximum atomic E-state index is 12.0. The number of hydrogen-bond acceptors (Lipinski definition) is 2. The predicted octanol–water partition coefficient (Wildman–Crippen LogP) is 2.46. The van der Waals surface area contributed by atoms with Crippen LogP contribution < -0.4 is 0 Å². The molecule has 0 spiro atoms. The van der Waals surface area contributed by atoms with Crippen molar-refractivity contribution in [1.82, 2.24) is 0 Å². The number of rotatable bonds is 2. The van der Waals surface area contributed by atoms with Gasteiger partial charge in [-0.3, -0.25) is 5.11 Å². The van der Waals surface area contributed by atoms with Gasteiger partial charge in [-0.05, 0) is 42.5 Å². The van der Waals surface area contributed by atoms with Crippen LogP contribution >= 0.6 is 0 Å². The first kappa shape index (κ1) is 10.7. The fourth-order valence-electron chi connectivity index (χ4n) is 1.31. The van der Waals surface area contributed by atoms with Crippen molar-refractivity contribution in [3.63, 3.8) is 0 Å². The van der Waals surface area contributed by atoms with E-state index in [-0.39, 0.29) is 15.5 Å². The Balaban J connectivity index is 2.52. The van der Waals surface area contributed by atoms with Crippen molar-refractivity contribution >= 4 is 9.84 Å². The van der Waals surface area contributed by atoms with E-state index < -0.39 is 9.84 Å². The molecule has 0 aliphatic carbocycles. The minimum absolute atomic E-state index is 0.123. The van der Waals surface area contributed by atoms with Crippen molar-refractivity contribution in [2.24, 2.45) is 0 Å². The van der Waals surface area contributed by atoms with Crippen LogP contribution in [0.3, 0.4) is 0 Å². The lowest BCUT2D eigenvalue weighted by atomic mass is 10.3. The van der Waals surface area contributed by atoms with E-state index >= 15 is 0 Å². The summed E-state index contributed by atoms with van der Waals surface area (Å²) in [6.07, 6.45) is 0. The SMILES string of the molecule is [O]c1ccc(S(=O)(=O)c2cc[c]cc2)cc1. The minimum atomic E-state index is -3.51. The van der Waals surface area contributed by atoms with Gasteiger partial charge >= 0.3 is 0 Å². The molecule has 0 aromatic heterocycles. The van der Waals surface area contributed by atoms with Crippen molar-refractivity contribution in [1.29, 1.82) is 0 Å². The molecule has 0 amide bonds. The van der Waals surface area contributed by atoms with Crippen LogP contribution in [0.2, 0.25) is 0 Å². The van der Waals surface area contributed by atoms with Crippen molar-refractivity contribution in [2.45, 2.75) is 9.79 Å². The summed E-state index contributed by atoms with van der Waals surface area (Å²) in [7, 11) is -3.51. The van der Waals surface area contributed by atoms with Crippen molar-refractivity contribution in [3.8, 4) is 5.75 Å².